The van der Waals surface area contributed by atoms with Crippen molar-refractivity contribution in [1.29, 1.82) is 0 Å². The van der Waals surface area contributed by atoms with Gasteiger partial charge in [0.15, 0.2) is 28.9 Å². The molecule has 2 aliphatic heterocycles. The minimum Gasteiger partial charge on any atom is -0.455 e. The molecule has 4 nitrogen and oxygen atoms in total. The van der Waals surface area contributed by atoms with Crippen LogP contribution in [0.15, 0.2) is 157 Å². The summed E-state index contributed by atoms with van der Waals surface area (Å²) in [7, 11) is -1.62. The Balaban J connectivity index is 1.23. The predicted molar refractivity (Wildman–Crippen MR) is 260 cm³/mol. The summed E-state index contributed by atoms with van der Waals surface area (Å²) in [6.45, 7) is 21.5. The molecule has 0 saturated carbocycles. The molecular weight excluding hydrogens is 771 g/mol. The standard InChI is InChI=1S/C57H55N3OSi/c1-36-20-22-38(23-21-36)43-16-13-19-52-54(43)47-32-25-39-24-31-46-44-14-9-10-15-45(44)48-33-30-42(62(6,7)8)35-58(48)51(46)34-37(2)59-49-17-11-12-18-50(49)60(56(59)53(39)55(47)61-52)41-28-26-40(27-29-41)57(3,4)5/h9-23,25-30,32-33,35,46,51H,2,24,31,34H2,1,3-8H3/q+2. The molecule has 0 saturated heterocycles. The number of hydrogen-bond acceptors (Lipinski definition) is 1. The van der Waals surface area contributed by atoms with Gasteiger partial charge in [-0.2, -0.15) is 13.7 Å². The number of fused-ring (bicyclic) bond motifs is 15. The summed E-state index contributed by atoms with van der Waals surface area (Å²) < 4.78 is 14.9. The first-order chi connectivity index (χ1) is 29.8. The normalized spacial score (nSPS) is 16.5. The molecule has 0 aliphatic carbocycles. The van der Waals surface area contributed by atoms with E-state index in [1.54, 1.807) is 0 Å². The van der Waals surface area contributed by atoms with E-state index in [-0.39, 0.29) is 17.4 Å². The van der Waals surface area contributed by atoms with Crippen molar-refractivity contribution in [2.24, 2.45) is 0 Å². The lowest BCUT2D eigenvalue weighted by Gasteiger charge is -2.32. The molecule has 0 bridgehead atoms. The number of pyridine rings is 1. The lowest BCUT2D eigenvalue weighted by molar-refractivity contribution is -0.719. The Hall–Kier alpha value is -6.30. The maximum Gasteiger partial charge on any atom is 0.304 e. The molecule has 2 aliphatic rings. The van der Waals surface area contributed by atoms with Crippen LogP contribution in [0.3, 0.4) is 0 Å². The smallest absolute Gasteiger partial charge is 0.304 e. The van der Waals surface area contributed by atoms with Gasteiger partial charge >= 0.3 is 5.82 Å². The van der Waals surface area contributed by atoms with Crippen molar-refractivity contribution in [3.05, 3.63) is 175 Å². The first-order valence-corrected chi connectivity index (χ1v) is 25.9. The van der Waals surface area contributed by atoms with Crippen LogP contribution in [-0.2, 0) is 11.8 Å². The van der Waals surface area contributed by atoms with E-state index in [2.05, 4.69) is 207 Å². The predicted octanol–water partition coefficient (Wildman–Crippen LogP) is 13.4. The molecule has 0 radical (unpaired) electrons. The maximum absolute atomic E-state index is 7.25. The number of imidazole rings is 1. The second-order valence-electron chi connectivity index (χ2n) is 19.9. The van der Waals surface area contributed by atoms with Gasteiger partial charge in [-0.1, -0.05) is 150 Å². The van der Waals surface area contributed by atoms with Crippen LogP contribution in [0.5, 0.6) is 0 Å². The summed E-state index contributed by atoms with van der Waals surface area (Å²) in [5.74, 6) is 1.37. The molecule has 6 aromatic carbocycles. The highest BCUT2D eigenvalue weighted by Crippen LogP contribution is 2.47. The average Bonchev–Trinajstić information content (AvgIpc) is 3.82. The quantitative estimate of drug-likeness (QED) is 0.129. The first-order valence-electron chi connectivity index (χ1n) is 22.4. The van der Waals surface area contributed by atoms with Gasteiger partial charge in [0.1, 0.15) is 22.5 Å². The summed E-state index contributed by atoms with van der Waals surface area (Å²) in [4.78, 5) is 0. The van der Waals surface area contributed by atoms with Crippen LogP contribution >= 0.6 is 0 Å². The Morgan fingerprint density at radius 3 is 2.27 bits per heavy atom. The number of para-hydroxylation sites is 2. The van der Waals surface area contributed by atoms with Crippen molar-refractivity contribution in [3.8, 4) is 39.5 Å². The number of allylic oxidation sites excluding steroid dienone is 1. The lowest BCUT2D eigenvalue weighted by Crippen LogP contribution is -2.53. The van der Waals surface area contributed by atoms with Gasteiger partial charge < -0.3 is 4.42 Å². The molecule has 62 heavy (non-hydrogen) atoms. The molecule has 0 spiro atoms. The lowest BCUT2D eigenvalue weighted by atomic mass is 9.77. The molecule has 11 rings (SSSR count). The Labute approximate surface area is 366 Å². The fraction of sp³-hybridized carbons (Fsp3) is 0.228. The number of benzene rings is 6. The van der Waals surface area contributed by atoms with Crippen LogP contribution in [-0.4, -0.2) is 12.6 Å². The topological polar surface area (TPSA) is 25.8 Å². The van der Waals surface area contributed by atoms with Crippen molar-refractivity contribution < 1.29 is 13.6 Å². The monoisotopic (exact) mass is 825 g/mol. The minimum atomic E-state index is -1.62. The van der Waals surface area contributed by atoms with Crippen molar-refractivity contribution in [2.75, 3.05) is 0 Å². The number of furan rings is 1. The van der Waals surface area contributed by atoms with Gasteiger partial charge in [0.25, 0.3) is 0 Å². The minimum absolute atomic E-state index is 0.0337. The van der Waals surface area contributed by atoms with Gasteiger partial charge in [0, 0.05) is 33.5 Å². The second kappa shape index (κ2) is 14.1. The van der Waals surface area contributed by atoms with E-state index in [4.69, 9.17) is 11.0 Å². The van der Waals surface area contributed by atoms with Crippen LogP contribution in [0.25, 0.3) is 78.1 Å². The fourth-order valence-corrected chi connectivity index (χ4v) is 11.7. The highest BCUT2D eigenvalue weighted by atomic mass is 28.3. The van der Waals surface area contributed by atoms with E-state index in [1.165, 1.54) is 49.8 Å². The van der Waals surface area contributed by atoms with E-state index in [0.717, 1.165) is 75.0 Å². The van der Waals surface area contributed by atoms with Crippen LogP contribution < -0.4 is 14.3 Å². The highest BCUT2D eigenvalue weighted by Gasteiger charge is 2.44. The van der Waals surface area contributed by atoms with Gasteiger partial charge in [0.05, 0.1) is 14.5 Å². The molecule has 5 heterocycles. The van der Waals surface area contributed by atoms with Crippen molar-refractivity contribution in [1.82, 2.24) is 4.57 Å². The molecule has 5 heteroatoms. The van der Waals surface area contributed by atoms with Crippen LogP contribution in [0, 0.1) is 6.92 Å². The molecule has 2 atom stereocenters. The number of aryl methyl sites for hydroxylation is 2. The zero-order valence-corrected chi connectivity index (χ0v) is 38.1. The molecule has 9 aromatic rings. The third-order valence-electron chi connectivity index (χ3n) is 13.9. The van der Waals surface area contributed by atoms with Crippen molar-refractivity contribution in [3.63, 3.8) is 0 Å². The van der Waals surface area contributed by atoms with E-state index in [0.29, 0.717) is 0 Å². The second-order valence-corrected chi connectivity index (χ2v) is 25.0. The average molecular weight is 826 g/mol. The van der Waals surface area contributed by atoms with Gasteiger partial charge in [-0.15, -0.1) is 0 Å². The SMILES string of the molecule is C=C1CC2C(CCc3ccc4c(oc5cccc(-c6ccc(C)cc6)c54)c3-c3n(-c4ccc(C(C)(C)C)cc4)c4ccccc4[n+]31)c1ccccc1-c1ccc([Si](C)(C)C)c[n+]12. The van der Waals surface area contributed by atoms with Crippen LogP contribution in [0.2, 0.25) is 19.6 Å². The third kappa shape index (κ3) is 6.07. The number of hydrogen-bond donors (Lipinski definition) is 0. The molecule has 3 aromatic heterocycles. The Morgan fingerprint density at radius 2 is 1.50 bits per heavy atom. The van der Waals surface area contributed by atoms with E-state index < -0.39 is 8.07 Å². The van der Waals surface area contributed by atoms with Crippen LogP contribution in [0.1, 0.15) is 67.8 Å². The number of rotatable bonds is 3. The zero-order valence-electron chi connectivity index (χ0n) is 37.1. The molecule has 306 valence electrons. The van der Waals surface area contributed by atoms with Gasteiger partial charge in [0.2, 0.25) is 5.69 Å². The summed E-state index contributed by atoms with van der Waals surface area (Å²) in [6.07, 6.45) is 5.19. The Bertz CT molecular complexity index is 3260. The summed E-state index contributed by atoms with van der Waals surface area (Å²) >= 11 is 0. The molecule has 0 N–H and O–H groups in total. The Morgan fingerprint density at radius 1 is 0.758 bits per heavy atom. The maximum atomic E-state index is 7.25. The summed E-state index contributed by atoms with van der Waals surface area (Å²) in [5, 5.41) is 3.77. The third-order valence-corrected chi connectivity index (χ3v) is 15.9. The van der Waals surface area contributed by atoms with Crippen molar-refractivity contribution >= 4 is 51.9 Å². The van der Waals surface area contributed by atoms with E-state index in [1.807, 2.05) is 0 Å². The van der Waals surface area contributed by atoms with Gasteiger partial charge in [-0.05, 0) is 89.4 Å². The molecule has 0 fully saturated rings. The first kappa shape index (κ1) is 38.6. The zero-order chi connectivity index (χ0) is 42.7. The van der Waals surface area contributed by atoms with Gasteiger partial charge in [-0.25, -0.2) is 0 Å². The molecule has 0 amide bonds. The van der Waals surface area contributed by atoms with E-state index in [9.17, 15) is 0 Å². The highest BCUT2D eigenvalue weighted by molar-refractivity contribution is 6.88. The summed E-state index contributed by atoms with van der Waals surface area (Å²) in [5.41, 5.74) is 17.8. The summed E-state index contributed by atoms with van der Waals surface area (Å²) in [6, 6.07) is 52.4. The number of aromatic nitrogens is 3. The van der Waals surface area contributed by atoms with Crippen LogP contribution in [0.4, 0.5) is 0 Å². The molecule has 2 unspecified atom stereocenters. The largest absolute Gasteiger partial charge is 0.455 e. The number of nitrogens with zero attached hydrogens (tertiary/aromatic N) is 3. The van der Waals surface area contributed by atoms with Gasteiger partial charge in [-0.3, -0.25) is 0 Å². The Kier molecular flexibility index (Phi) is 8.79. The fourth-order valence-electron chi connectivity index (χ4n) is 10.6. The van der Waals surface area contributed by atoms with E-state index >= 15 is 0 Å². The van der Waals surface area contributed by atoms with Crippen molar-refractivity contribution in [2.45, 2.75) is 84.0 Å². The molecular formula is C57H55N3OSi+2.